The molecule has 0 bridgehead atoms. The molecule has 1 saturated heterocycles. The molecule has 1 fully saturated rings. The summed E-state index contributed by atoms with van der Waals surface area (Å²) in [7, 11) is 2.69. The van der Waals surface area contributed by atoms with Crippen molar-refractivity contribution in [3.63, 3.8) is 0 Å². The molecule has 180 valence electrons. The second-order valence-corrected chi connectivity index (χ2v) is 8.14. The first-order valence-corrected chi connectivity index (χ1v) is 10.9. The van der Waals surface area contributed by atoms with Gasteiger partial charge >= 0.3 is 5.97 Å². The Hall–Kier alpha value is -2.95. The minimum atomic E-state index is -0.633. The number of likely N-dealkylation sites (tertiary alicyclic amines) is 1. The number of esters is 1. The van der Waals surface area contributed by atoms with Crippen LogP contribution in [-0.2, 0) is 19.3 Å². The molecule has 2 aliphatic rings. The van der Waals surface area contributed by atoms with Crippen LogP contribution in [0.25, 0.3) is 0 Å². The summed E-state index contributed by atoms with van der Waals surface area (Å²) < 4.78 is 11.0. The van der Waals surface area contributed by atoms with Gasteiger partial charge in [-0.1, -0.05) is 6.42 Å². The van der Waals surface area contributed by atoms with E-state index < -0.39 is 16.8 Å². The van der Waals surface area contributed by atoms with Crippen LogP contribution >= 0.6 is 0 Å². The second-order valence-electron chi connectivity index (χ2n) is 8.14. The van der Waals surface area contributed by atoms with Gasteiger partial charge in [-0.3, -0.25) is 15.0 Å². The van der Waals surface area contributed by atoms with Gasteiger partial charge in [0.2, 0.25) is 0 Å². The van der Waals surface area contributed by atoms with Gasteiger partial charge in [-0.25, -0.2) is 14.6 Å². The highest BCUT2D eigenvalue weighted by atomic mass is 17.2. The van der Waals surface area contributed by atoms with E-state index in [0.717, 1.165) is 31.6 Å². The average molecular weight is 462 g/mol. The molecule has 0 amide bonds. The van der Waals surface area contributed by atoms with E-state index in [4.69, 9.17) is 19.2 Å². The Labute approximate surface area is 193 Å². The van der Waals surface area contributed by atoms with Gasteiger partial charge in [-0.15, -0.1) is 0 Å². The Morgan fingerprint density at radius 1 is 1.15 bits per heavy atom. The fraction of sp³-hybridized carbons (Fsp3) is 0.522. The molecule has 1 N–H and O–H groups in total. The molecule has 1 atom stereocenters. The van der Waals surface area contributed by atoms with E-state index in [0.29, 0.717) is 34.9 Å². The number of rotatable bonds is 9. The van der Waals surface area contributed by atoms with Gasteiger partial charge in [0.25, 0.3) is 5.69 Å². The van der Waals surface area contributed by atoms with E-state index >= 15 is 0 Å². The van der Waals surface area contributed by atoms with Crippen LogP contribution in [0.1, 0.15) is 44.6 Å². The highest BCUT2D eigenvalue weighted by molar-refractivity contribution is 5.92. The normalized spacial score (nSPS) is 19.3. The number of hydrogen-bond acceptors (Lipinski definition) is 9. The van der Waals surface area contributed by atoms with E-state index in [9.17, 15) is 14.9 Å². The van der Waals surface area contributed by atoms with Crippen LogP contribution in [0.3, 0.4) is 0 Å². The van der Waals surface area contributed by atoms with Crippen molar-refractivity contribution in [3.8, 4) is 5.75 Å². The van der Waals surface area contributed by atoms with Gasteiger partial charge in [0, 0.05) is 36.5 Å². The number of methoxy groups -OCH3 is 1. The average Bonchev–Trinajstić information content (AvgIpc) is 2.81. The Bertz CT molecular complexity index is 951. The van der Waals surface area contributed by atoms with Crippen LogP contribution < -0.4 is 10.1 Å². The highest BCUT2D eigenvalue weighted by Crippen LogP contribution is 2.41. The van der Waals surface area contributed by atoms with Crippen molar-refractivity contribution in [2.24, 2.45) is 0 Å². The van der Waals surface area contributed by atoms with E-state index in [1.165, 1.54) is 32.8 Å². The fourth-order valence-corrected chi connectivity index (χ4v) is 4.31. The third kappa shape index (κ3) is 5.89. The summed E-state index contributed by atoms with van der Waals surface area (Å²) in [6, 6.07) is 4.61. The maximum Gasteiger partial charge on any atom is 0.336 e. The zero-order valence-electron chi connectivity index (χ0n) is 19.5. The molecule has 2 aliphatic heterocycles. The summed E-state index contributed by atoms with van der Waals surface area (Å²) in [5.74, 6) is -0.796. The molecule has 0 spiro atoms. The Morgan fingerprint density at radius 2 is 1.88 bits per heavy atom. The maximum atomic E-state index is 12.7. The van der Waals surface area contributed by atoms with Crippen molar-refractivity contribution in [1.82, 2.24) is 10.2 Å². The number of nitrogens with one attached hydrogen (secondary N) is 1. The molecule has 0 radical (unpaired) electrons. The van der Waals surface area contributed by atoms with Crippen molar-refractivity contribution in [2.75, 3.05) is 40.6 Å². The summed E-state index contributed by atoms with van der Waals surface area (Å²) in [5.41, 5.74) is 2.84. The van der Waals surface area contributed by atoms with Crippen LogP contribution in [0.5, 0.6) is 5.75 Å². The summed E-state index contributed by atoms with van der Waals surface area (Å²) in [6.45, 7) is 5.89. The molecule has 1 aromatic carbocycles. The van der Waals surface area contributed by atoms with Crippen LogP contribution in [0.2, 0.25) is 0 Å². The topological polar surface area (TPSA) is 112 Å². The second kappa shape index (κ2) is 11.3. The first kappa shape index (κ1) is 24.7. The third-order valence-corrected chi connectivity index (χ3v) is 5.96. The zero-order chi connectivity index (χ0) is 24.0. The fourth-order valence-electron chi connectivity index (χ4n) is 4.31. The molecule has 2 heterocycles. The maximum absolute atomic E-state index is 12.7. The standard InChI is InChI=1S/C23H31N3O7/c1-15-20(13-33-31-4)22(21(16(2)24-15)23(27)30-3)17-10-18(26(28)29)12-19(11-17)32-14-25-8-6-5-7-9-25/h10-12,22,24H,5-9,13-14H2,1-4H3. The molecule has 3 rings (SSSR count). The lowest BCUT2D eigenvalue weighted by atomic mass is 9.80. The van der Waals surface area contributed by atoms with E-state index in [-0.39, 0.29) is 12.3 Å². The number of nitrogens with zero attached hydrogens (tertiary/aromatic N) is 2. The number of dihydropyridines is 1. The molecule has 0 saturated carbocycles. The summed E-state index contributed by atoms with van der Waals surface area (Å²) >= 11 is 0. The number of nitro benzene ring substituents is 1. The number of piperidine rings is 1. The van der Waals surface area contributed by atoms with Gasteiger partial charge in [-0.05, 0) is 43.9 Å². The number of hydrogen-bond donors (Lipinski definition) is 1. The number of nitro groups is 1. The Kier molecular flexibility index (Phi) is 8.43. The molecular weight excluding hydrogens is 430 g/mol. The molecule has 10 nitrogen and oxygen atoms in total. The minimum Gasteiger partial charge on any atom is -0.478 e. The minimum absolute atomic E-state index is 0.0560. The van der Waals surface area contributed by atoms with E-state index in [2.05, 4.69) is 10.2 Å². The zero-order valence-corrected chi connectivity index (χ0v) is 19.5. The molecule has 33 heavy (non-hydrogen) atoms. The van der Waals surface area contributed by atoms with E-state index in [1.807, 2.05) is 6.92 Å². The molecule has 1 unspecified atom stereocenters. The van der Waals surface area contributed by atoms with Crippen molar-refractivity contribution >= 4 is 11.7 Å². The van der Waals surface area contributed by atoms with Crippen LogP contribution in [-0.4, -0.2) is 56.4 Å². The SMILES string of the molecule is COOCC1=C(C)NC(C)=C(C(=O)OC)C1c1cc(OCN2CCCCC2)cc([N+](=O)[O-])c1. The molecular formula is C23H31N3O7. The van der Waals surface area contributed by atoms with Crippen molar-refractivity contribution in [3.05, 3.63) is 56.4 Å². The summed E-state index contributed by atoms with van der Waals surface area (Å²) in [4.78, 5) is 36.1. The predicted molar refractivity (Wildman–Crippen MR) is 120 cm³/mol. The molecule has 10 heteroatoms. The van der Waals surface area contributed by atoms with Crippen molar-refractivity contribution in [1.29, 1.82) is 0 Å². The lowest BCUT2D eigenvalue weighted by Crippen LogP contribution is -2.33. The number of carbonyl (C=O) groups excluding carboxylic acids is 1. The van der Waals surface area contributed by atoms with Crippen molar-refractivity contribution < 1.29 is 29.0 Å². The van der Waals surface area contributed by atoms with Crippen LogP contribution in [0.4, 0.5) is 5.69 Å². The smallest absolute Gasteiger partial charge is 0.336 e. The van der Waals surface area contributed by atoms with Gasteiger partial charge in [-0.2, -0.15) is 0 Å². The Balaban J connectivity index is 2.04. The lowest BCUT2D eigenvalue weighted by Gasteiger charge is -2.31. The van der Waals surface area contributed by atoms with E-state index in [1.54, 1.807) is 13.0 Å². The third-order valence-electron chi connectivity index (χ3n) is 5.96. The van der Waals surface area contributed by atoms with Crippen LogP contribution in [0, 0.1) is 10.1 Å². The number of benzene rings is 1. The summed E-state index contributed by atoms with van der Waals surface area (Å²) in [6.07, 6.45) is 3.42. The molecule has 1 aromatic rings. The summed E-state index contributed by atoms with van der Waals surface area (Å²) in [5, 5.41) is 14.9. The Morgan fingerprint density at radius 3 is 2.52 bits per heavy atom. The first-order chi connectivity index (χ1) is 15.8. The highest BCUT2D eigenvalue weighted by Gasteiger charge is 2.35. The number of ether oxygens (including phenoxy) is 2. The van der Waals surface area contributed by atoms with Gasteiger partial charge in [0.1, 0.15) is 19.1 Å². The van der Waals surface area contributed by atoms with Crippen LogP contribution in [0.15, 0.2) is 40.7 Å². The molecule has 0 aliphatic carbocycles. The predicted octanol–water partition coefficient (Wildman–Crippen LogP) is 3.40. The first-order valence-electron chi connectivity index (χ1n) is 10.9. The lowest BCUT2D eigenvalue weighted by molar-refractivity contribution is -0.385. The number of carbonyl (C=O) groups is 1. The number of allylic oxidation sites excluding steroid dienone is 2. The largest absolute Gasteiger partial charge is 0.478 e. The monoisotopic (exact) mass is 461 g/mol. The molecule has 0 aromatic heterocycles. The van der Waals surface area contributed by atoms with Gasteiger partial charge < -0.3 is 14.8 Å². The van der Waals surface area contributed by atoms with Gasteiger partial charge in [0.05, 0.1) is 30.8 Å². The van der Waals surface area contributed by atoms with Crippen molar-refractivity contribution in [2.45, 2.75) is 39.0 Å². The van der Waals surface area contributed by atoms with Gasteiger partial charge in [0.15, 0.2) is 0 Å². The quantitative estimate of drug-likeness (QED) is 0.256. The number of non-ortho nitro benzene ring substituents is 1.